The molecule has 4 heteroatoms. The fraction of sp³-hybridized carbons (Fsp3) is 0.357. The van der Waals surface area contributed by atoms with E-state index in [4.69, 9.17) is 0 Å². The van der Waals surface area contributed by atoms with Crippen LogP contribution in [0.15, 0.2) is 24.3 Å². The second kappa shape index (κ2) is 5.59. The summed E-state index contributed by atoms with van der Waals surface area (Å²) < 4.78 is 12.8. The largest absolute Gasteiger partial charge is 0.305 e. The van der Waals surface area contributed by atoms with Crippen molar-refractivity contribution in [3.8, 4) is 0 Å². The Morgan fingerprint density at radius 1 is 1.28 bits per heavy atom. The van der Waals surface area contributed by atoms with Crippen LogP contribution in [0.4, 0.5) is 4.39 Å². The van der Waals surface area contributed by atoms with Crippen LogP contribution in [0.3, 0.4) is 0 Å². The summed E-state index contributed by atoms with van der Waals surface area (Å²) in [6.45, 7) is 6.93. The zero-order chi connectivity index (χ0) is 13.1. The van der Waals surface area contributed by atoms with Gasteiger partial charge in [-0.15, -0.1) is 11.3 Å². The van der Waals surface area contributed by atoms with Gasteiger partial charge in [-0.05, 0) is 38.5 Å². The first kappa shape index (κ1) is 13.2. The Morgan fingerprint density at radius 3 is 2.50 bits per heavy atom. The molecular formula is C14H17FN2S. The van der Waals surface area contributed by atoms with Crippen LogP contribution < -0.4 is 5.32 Å². The molecule has 18 heavy (non-hydrogen) atoms. The molecular weight excluding hydrogens is 247 g/mol. The van der Waals surface area contributed by atoms with Crippen molar-refractivity contribution in [2.24, 2.45) is 0 Å². The highest BCUT2D eigenvalue weighted by atomic mass is 32.1. The van der Waals surface area contributed by atoms with Gasteiger partial charge in [0.2, 0.25) is 0 Å². The number of hydrogen-bond acceptors (Lipinski definition) is 3. The maximum atomic E-state index is 12.8. The molecule has 96 valence electrons. The van der Waals surface area contributed by atoms with Gasteiger partial charge in [-0.25, -0.2) is 9.37 Å². The number of nitrogens with zero attached hydrogens (tertiary/aromatic N) is 1. The minimum Gasteiger partial charge on any atom is -0.305 e. The molecule has 0 spiro atoms. The van der Waals surface area contributed by atoms with E-state index in [9.17, 15) is 4.39 Å². The van der Waals surface area contributed by atoms with Crippen molar-refractivity contribution in [3.05, 3.63) is 51.2 Å². The van der Waals surface area contributed by atoms with Crippen molar-refractivity contribution in [2.45, 2.75) is 33.4 Å². The second-order valence-electron chi connectivity index (χ2n) is 4.40. The number of rotatable bonds is 4. The van der Waals surface area contributed by atoms with Gasteiger partial charge in [0.15, 0.2) is 0 Å². The van der Waals surface area contributed by atoms with E-state index in [0.29, 0.717) is 0 Å². The topological polar surface area (TPSA) is 24.9 Å². The van der Waals surface area contributed by atoms with E-state index in [2.05, 4.69) is 17.2 Å². The van der Waals surface area contributed by atoms with Crippen LogP contribution in [0.25, 0.3) is 0 Å². The normalized spacial score (nSPS) is 12.7. The van der Waals surface area contributed by atoms with E-state index in [1.165, 1.54) is 17.0 Å². The third-order valence-electron chi connectivity index (χ3n) is 2.94. The predicted molar refractivity (Wildman–Crippen MR) is 73.2 cm³/mol. The fourth-order valence-electron chi connectivity index (χ4n) is 1.85. The number of aryl methyl sites for hydroxylation is 2. The Balaban J connectivity index is 1.98. The van der Waals surface area contributed by atoms with Gasteiger partial charge in [0.1, 0.15) is 5.82 Å². The van der Waals surface area contributed by atoms with Crippen molar-refractivity contribution in [2.75, 3.05) is 0 Å². The number of halogens is 1. The molecule has 1 atom stereocenters. The number of nitrogens with one attached hydrogen (secondary N) is 1. The number of benzene rings is 1. The predicted octanol–water partition coefficient (Wildman–Crippen LogP) is 3.75. The first-order valence-corrected chi connectivity index (χ1v) is 6.79. The van der Waals surface area contributed by atoms with Gasteiger partial charge in [0.05, 0.1) is 10.7 Å². The van der Waals surface area contributed by atoms with Crippen LogP contribution in [0.5, 0.6) is 0 Å². The molecule has 2 rings (SSSR count). The van der Waals surface area contributed by atoms with E-state index in [0.717, 1.165) is 22.8 Å². The molecule has 0 unspecified atom stereocenters. The van der Waals surface area contributed by atoms with Crippen molar-refractivity contribution >= 4 is 11.3 Å². The average molecular weight is 264 g/mol. The van der Waals surface area contributed by atoms with Crippen LogP contribution in [0.2, 0.25) is 0 Å². The van der Waals surface area contributed by atoms with Crippen molar-refractivity contribution in [3.63, 3.8) is 0 Å². The minimum atomic E-state index is -0.195. The summed E-state index contributed by atoms with van der Waals surface area (Å²) >= 11 is 1.72. The molecule has 1 aromatic carbocycles. The monoisotopic (exact) mass is 264 g/mol. The van der Waals surface area contributed by atoms with E-state index in [1.807, 2.05) is 26.0 Å². The van der Waals surface area contributed by atoms with Gasteiger partial charge in [-0.2, -0.15) is 0 Å². The highest BCUT2D eigenvalue weighted by Gasteiger charge is 2.08. The molecule has 2 nitrogen and oxygen atoms in total. The quantitative estimate of drug-likeness (QED) is 0.909. The van der Waals surface area contributed by atoms with Crippen molar-refractivity contribution in [1.82, 2.24) is 10.3 Å². The molecule has 0 amide bonds. The summed E-state index contributed by atoms with van der Waals surface area (Å²) in [5.74, 6) is -0.195. The number of hydrogen-bond donors (Lipinski definition) is 1. The van der Waals surface area contributed by atoms with Gasteiger partial charge in [-0.1, -0.05) is 12.1 Å². The van der Waals surface area contributed by atoms with Gasteiger partial charge in [-0.3, -0.25) is 0 Å². The van der Waals surface area contributed by atoms with E-state index >= 15 is 0 Å². The summed E-state index contributed by atoms with van der Waals surface area (Å²) in [5.41, 5.74) is 2.19. The van der Waals surface area contributed by atoms with Gasteiger partial charge in [0, 0.05) is 17.5 Å². The lowest BCUT2D eigenvalue weighted by Crippen LogP contribution is -2.17. The van der Waals surface area contributed by atoms with Gasteiger partial charge >= 0.3 is 0 Å². The highest BCUT2D eigenvalue weighted by Crippen LogP contribution is 2.19. The smallest absolute Gasteiger partial charge is 0.123 e. The lowest BCUT2D eigenvalue weighted by atomic mass is 10.1. The lowest BCUT2D eigenvalue weighted by molar-refractivity contribution is 0.573. The zero-order valence-electron chi connectivity index (χ0n) is 10.8. The Bertz CT molecular complexity index is 519. The SMILES string of the molecule is Cc1nc(C)c(CN[C@@H](C)c2ccc(F)cc2)s1. The molecule has 0 saturated heterocycles. The summed E-state index contributed by atoms with van der Waals surface area (Å²) in [5, 5.41) is 4.53. The maximum absolute atomic E-state index is 12.8. The van der Waals surface area contributed by atoms with Crippen LogP contribution in [0, 0.1) is 19.7 Å². The molecule has 0 saturated carbocycles. The molecule has 0 aliphatic rings. The molecule has 1 N–H and O–H groups in total. The molecule has 0 aliphatic heterocycles. The Kier molecular flexibility index (Phi) is 4.09. The Hall–Kier alpha value is -1.26. The fourth-order valence-corrected chi connectivity index (χ4v) is 2.74. The van der Waals surface area contributed by atoms with Crippen LogP contribution in [-0.4, -0.2) is 4.98 Å². The van der Waals surface area contributed by atoms with Crippen LogP contribution in [-0.2, 0) is 6.54 Å². The zero-order valence-corrected chi connectivity index (χ0v) is 11.6. The van der Waals surface area contributed by atoms with Crippen molar-refractivity contribution < 1.29 is 4.39 Å². The van der Waals surface area contributed by atoms with Crippen LogP contribution in [0.1, 0.15) is 34.1 Å². The first-order chi connectivity index (χ1) is 8.56. The molecule has 0 aliphatic carbocycles. The van der Waals surface area contributed by atoms with Crippen LogP contribution >= 0.6 is 11.3 Å². The summed E-state index contributed by atoms with van der Waals surface area (Å²) in [4.78, 5) is 5.67. The third kappa shape index (κ3) is 3.15. The Morgan fingerprint density at radius 2 is 1.94 bits per heavy atom. The average Bonchev–Trinajstić information content (AvgIpc) is 2.66. The Labute approximate surface area is 111 Å². The van der Waals surface area contributed by atoms with E-state index < -0.39 is 0 Å². The molecule has 1 heterocycles. The molecule has 0 fully saturated rings. The molecule has 0 radical (unpaired) electrons. The molecule has 1 aromatic heterocycles. The molecule has 2 aromatic rings. The van der Waals surface area contributed by atoms with Crippen molar-refractivity contribution in [1.29, 1.82) is 0 Å². The number of aromatic nitrogens is 1. The van der Waals surface area contributed by atoms with E-state index in [1.54, 1.807) is 11.3 Å². The van der Waals surface area contributed by atoms with E-state index in [-0.39, 0.29) is 11.9 Å². The lowest BCUT2D eigenvalue weighted by Gasteiger charge is -2.13. The summed E-state index contributed by atoms with van der Waals surface area (Å²) in [6.07, 6.45) is 0. The number of thiazole rings is 1. The maximum Gasteiger partial charge on any atom is 0.123 e. The summed E-state index contributed by atoms with van der Waals surface area (Å²) in [7, 11) is 0. The summed E-state index contributed by atoms with van der Waals surface area (Å²) in [6, 6.07) is 6.83. The highest BCUT2D eigenvalue weighted by molar-refractivity contribution is 7.11. The van der Waals surface area contributed by atoms with Gasteiger partial charge in [0.25, 0.3) is 0 Å². The minimum absolute atomic E-state index is 0.195. The second-order valence-corrected chi connectivity index (χ2v) is 5.68. The standard InChI is InChI=1S/C14H17FN2S/c1-9(12-4-6-13(15)7-5-12)16-8-14-10(2)17-11(3)18-14/h4-7,9,16H,8H2,1-3H3/t9-/m0/s1. The molecule has 0 bridgehead atoms. The third-order valence-corrected chi connectivity index (χ3v) is 4.01. The van der Waals surface area contributed by atoms with Gasteiger partial charge < -0.3 is 5.32 Å². The first-order valence-electron chi connectivity index (χ1n) is 5.98.